The summed E-state index contributed by atoms with van der Waals surface area (Å²) in [5.74, 6) is 1.07. The molecule has 1 heterocycles. The Morgan fingerprint density at radius 3 is 2.52 bits per heavy atom. The van der Waals surface area contributed by atoms with E-state index >= 15 is 0 Å². The number of benzene rings is 1. The van der Waals surface area contributed by atoms with E-state index in [9.17, 15) is 4.79 Å². The van der Waals surface area contributed by atoms with Crippen molar-refractivity contribution < 1.29 is 9.53 Å². The van der Waals surface area contributed by atoms with Gasteiger partial charge >= 0.3 is 0 Å². The van der Waals surface area contributed by atoms with Crippen LogP contribution in [0.2, 0.25) is 0 Å². The van der Waals surface area contributed by atoms with Gasteiger partial charge in [0.2, 0.25) is 5.91 Å². The second-order valence-corrected chi connectivity index (χ2v) is 8.31. The monoisotopic (exact) mass is 394 g/mol. The van der Waals surface area contributed by atoms with E-state index < -0.39 is 0 Å². The fourth-order valence-corrected chi connectivity index (χ4v) is 3.81. The van der Waals surface area contributed by atoms with Crippen molar-refractivity contribution >= 4 is 11.6 Å². The Bertz CT molecular complexity index is 870. The molecule has 2 aromatic rings. The van der Waals surface area contributed by atoms with Gasteiger partial charge in [0, 0.05) is 46.7 Å². The predicted octanol–water partition coefficient (Wildman–Crippen LogP) is 3.97. The normalized spacial score (nSPS) is 16.6. The Labute approximate surface area is 172 Å². The number of aryl methyl sites for hydroxylation is 2. The van der Waals surface area contributed by atoms with Crippen LogP contribution in [0.15, 0.2) is 24.5 Å². The van der Waals surface area contributed by atoms with Crippen LogP contribution in [-0.2, 0) is 4.79 Å². The van der Waals surface area contributed by atoms with E-state index in [1.54, 1.807) is 6.33 Å². The maximum Gasteiger partial charge on any atom is 0.227 e. The first-order valence-corrected chi connectivity index (χ1v) is 10.6. The molecule has 1 aromatic carbocycles. The van der Waals surface area contributed by atoms with Gasteiger partial charge < -0.3 is 15.0 Å². The minimum Gasteiger partial charge on any atom is -0.492 e. The molecule has 6 heteroatoms. The molecule has 0 atom stereocenters. The topological polar surface area (TPSA) is 67.3 Å². The van der Waals surface area contributed by atoms with Crippen LogP contribution in [0.25, 0.3) is 11.1 Å². The third-order valence-corrected chi connectivity index (χ3v) is 6.09. The quantitative estimate of drug-likeness (QED) is 0.734. The number of aromatic nitrogens is 2. The number of carbonyl (C=O) groups is 1. The van der Waals surface area contributed by atoms with Crippen molar-refractivity contribution in [1.82, 2.24) is 14.9 Å². The Morgan fingerprint density at radius 1 is 1.17 bits per heavy atom. The minimum atomic E-state index is 0.101. The first kappa shape index (κ1) is 19.8. The molecule has 2 aliphatic carbocycles. The molecule has 4 rings (SSSR count). The van der Waals surface area contributed by atoms with Crippen LogP contribution in [0, 0.1) is 19.8 Å². The van der Waals surface area contributed by atoms with E-state index in [-0.39, 0.29) is 11.8 Å². The number of nitrogens with one attached hydrogen (secondary N) is 1. The number of amides is 1. The molecule has 0 unspecified atom stereocenters. The van der Waals surface area contributed by atoms with E-state index in [4.69, 9.17) is 4.74 Å². The summed E-state index contributed by atoms with van der Waals surface area (Å²) in [6.07, 6.45) is 7.47. The fraction of sp³-hybridized carbons (Fsp3) is 0.522. The molecule has 2 fully saturated rings. The van der Waals surface area contributed by atoms with Crippen LogP contribution in [0.5, 0.6) is 5.75 Å². The molecule has 2 aliphatic rings. The standard InChI is InChI=1S/C23H30N4O2/c1-15-22(16(2)25-14-24-15)20-13-18(26-23(28)17-7-8-17)9-10-21(20)29-12-11-27(3)19-5-4-6-19/h9-10,13-14,17,19H,4-8,11-12H2,1-3H3,(H,26,28). The lowest BCUT2D eigenvalue weighted by Gasteiger charge is -2.34. The van der Waals surface area contributed by atoms with E-state index in [0.717, 1.165) is 53.3 Å². The molecule has 6 nitrogen and oxygen atoms in total. The summed E-state index contributed by atoms with van der Waals surface area (Å²) in [6, 6.07) is 6.56. The second kappa shape index (κ2) is 8.49. The highest BCUT2D eigenvalue weighted by molar-refractivity contribution is 5.95. The van der Waals surface area contributed by atoms with Crippen molar-refractivity contribution in [2.45, 2.75) is 52.0 Å². The Morgan fingerprint density at radius 2 is 1.90 bits per heavy atom. The summed E-state index contributed by atoms with van der Waals surface area (Å²) < 4.78 is 6.20. The van der Waals surface area contributed by atoms with Crippen molar-refractivity contribution in [3.8, 4) is 16.9 Å². The summed E-state index contributed by atoms with van der Waals surface area (Å²) in [7, 11) is 2.17. The molecule has 0 spiro atoms. The molecule has 154 valence electrons. The number of carbonyl (C=O) groups excluding carboxylic acids is 1. The SMILES string of the molecule is Cc1ncnc(C)c1-c1cc(NC(=O)C2CC2)ccc1OCCN(C)C1CCC1. The zero-order chi connectivity index (χ0) is 20.4. The molecule has 1 aromatic heterocycles. The molecule has 0 radical (unpaired) electrons. The highest BCUT2D eigenvalue weighted by atomic mass is 16.5. The maximum atomic E-state index is 12.2. The summed E-state index contributed by atoms with van der Waals surface area (Å²) >= 11 is 0. The van der Waals surface area contributed by atoms with Crippen molar-refractivity contribution in [3.63, 3.8) is 0 Å². The highest BCUT2D eigenvalue weighted by Gasteiger charge is 2.29. The summed E-state index contributed by atoms with van der Waals surface area (Å²) in [5.41, 5.74) is 4.50. The Kier molecular flexibility index (Phi) is 5.81. The van der Waals surface area contributed by atoms with Gasteiger partial charge in [-0.25, -0.2) is 9.97 Å². The molecular weight excluding hydrogens is 364 g/mol. The van der Waals surface area contributed by atoms with E-state index in [0.29, 0.717) is 12.6 Å². The number of anilines is 1. The van der Waals surface area contributed by atoms with Gasteiger partial charge in [0.25, 0.3) is 0 Å². The minimum absolute atomic E-state index is 0.101. The van der Waals surface area contributed by atoms with Crippen LogP contribution in [0.1, 0.15) is 43.5 Å². The first-order chi connectivity index (χ1) is 14.0. The number of hydrogen-bond donors (Lipinski definition) is 1. The van der Waals surface area contributed by atoms with E-state index in [1.165, 1.54) is 19.3 Å². The van der Waals surface area contributed by atoms with Gasteiger partial charge in [-0.05, 0) is 64.8 Å². The van der Waals surface area contributed by atoms with Crippen molar-refractivity contribution in [2.75, 3.05) is 25.5 Å². The van der Waals surface area contributed by atoms with Gasteiger partial charge in [-0.15, -0.1) is 0 Å². The second-order valence-electron chi connectivity index (χ2n) is 8.31. The number of rotatable bonds is 8. The van der Waals surface area contributed by atoms with Crippen LogP contribution in [0.4, 0.5) is 5.69 Å². The zero-order valence-electron chi connectivity index (χ0n) is 17.6. The summed E-state index contributed by atoms with van der Waals surface area (Å²) in [4.78, 5) is 23.3. The van der Waals surface area contributed by atoms with Crippen LogP contribution in [-0.4, -0.2) is 47.0 Å². The van der Waals surface area contributed by atoms with E-state index in [2.05, 4.69) is 27.2 Å². The summed E-state index contributed by atoms with van der Waals surface area (Å²) in [5, 5.41) is 3.04. The van der Waals surface area contributed by atoms with Gasteiger partial charge in [-0.1, -0.05) is 6.42 Å². The Hall–Kier alpha value is -2.47. The van der Waals surface area contributed by atoms with Crippen LogP contribution < -0.4 is 10.1 Å². The van der Waals surface area contributed by atoms with Crippen molar-refractivity contribution in [1.29, 1.82) is 0 Å². The Balaban J connectivity index is 1.56. The fourth-order valence-electron chi connectivity index (χ4n) is 3.81. The third kappa shape index (κ3) is 4.58. The molecule has 2 saturated carbocycles. The summed E-state index contributed by atoms with van der Waals surface area (Å²) in [6.45, 7) is 5.48. The van der Waals surface area contributed by atoms with Crippen LogP contribution in [0.3, 0.4) is 0 Å². The van der Waals surface area contributed by atoms with Gasteiger partial charge in [0.15, 0.2) is 0 Å². The van der Waals surface area contributed by atoms with Crippen LogP contribution >= 0.6 is 0 Å². The number of likely N-dealkylation sites (N-methyl/N-ethyl adjacent to an activating group) is 1. The van der Waals surface area contributed by atoms with Crippen molar-refractivity contribution in [2.24, 2.45) is 5.92 Å². The lowest BCUT2D eigenvalue weighted by molar-refractivity contribution is -0.117. The number of nitrogens with zero attached hydrogens (tertiary/aromatic N) is 3. The average molecular weight is 395 g/mol. The molecule has 1 amide bonds. The molecule has 0 saturated heterocycles. The molecule has 0 aliphatic heterocycles. The smallest absolute Gasteiger partial charge is 0.227 e. The number of hydrogen-bond acceptors (Lipinski definition) is 5. The first-order valence-electron chi connectivity index (χ1n) is 10.6. The molecular formula is C23H30N4O2. The van der Waals surface area contributed by atoms with Crippen molar-refractivity contribution in [3.05, 3.63) is 35.9 Å². The van der Waals surface area contributed by atoms with Gasteiger partial charge in [-0.2, -0.15) is 0 Å². The molecule has 0 bridgehead atoms. The van der Waals surface area contributed by atoms with E-state index in [1.807, 2.05) is 32.0 Å². The molecule has 29 heavy (non-hydrogen) atoms. The van der Waals surface area contributed by atoms with Gasteiger partial charge in [-0.3, -0.25) is 4.79 Å². The maximum absolute atomic E-state index is 12.2. The lowest BCUT2D eigenvalue weighted by Crippen LogP contribution is -2.39. The predicted molar refractivity (Wildman–Crippen MR) is 114 cm³/mol. The van der Waals surface area contributed by atoms with Gasteiger partial charge in [0.05, 0.1) is 0 Å². The lowest BCUT2D eigenvalue weighted by atomic mass is 9.92. The zero-order valence-corrected chi connectivity index (χ0v) is 17.6. The van der Waals surface area contributed by atoms with Gasteiger partial charge in [0.1, 0.15) is 18.7 Å². The third-order valence-electron chi connectivity index (χ3n) is 6.09. The average Bonchev–Trinajstić information content (AvgIpc) is 3.47. The largest absolute Gasteiger partial charge is 0.492 e. The number of ether oxygens (including phenoxy) is 1. The highest BCUT2D eigenvalue weighted by Crippen LogP contribution is 2.37. The molecule has 1 N–H and O–H groups in total.